The smallest absolute Gasteiger partial charge is 0.312 e. The number of carbonyl (C=O) groups excluding carboxylic acids is 1. The summed E-state index contributed by atoms with van der Waals surface area (Å²) in [4.78, 5) is 11.1. The van der Waals surface area contributed by atoms with Crippen molar-refractivity contribution < 1.29 is 18.8 Å². The summed E-state index contributed by atoms with van der Waals surface area (Å²) in [6.07, 6.45) is 2.29. The van der Waals surface area contributed by atoms with E-state index in [4.69, 9.17) is 9.47 Å². The Morgan fingerprint density at radius 2 is 1.80 bits per heavy atom. The highest BCUT2D eigenvalue weighted by Crippen LogP contribution is 2.19. The van der Waals surface area contributed by atoms with Gasteiger partial charge in [0.25, 0.3) is 0 Å². The first kappa shape index (κ1) is 14.7. The highest BCUT2D eigenvalue weighted by molar-refractivity contribution is 7.45. The van der Waals surface area contributed by atoms with Crippen LogP contribution in [0.5, 0.6) is 0 Å². The van der Waals surface area contributed by atoms with Crippen LogP contribution in [0.25, 0.3) is 0 Å². The maximum atomic E-state index is 11.4. The van der Waals surface area contributed by atoms with Crippen LogP contribution < -0.4 is 0 Å². The van der Waals surface area contributed by atoms with Crippen molar-refractivity contribution in [2.45, 2.75) is 26.7 Å². The van der Waals surface area contributed by atoms with E-state index in [1.807, 2.05) is 13.8 Å². The number of carbonyl (C=O) groups is 1. The lowest BCUT2D eigenvalue weighted by Gasteiger charge is -2.04. The van der Waals surface area contributed by atoms with Gasteiger partial charge in [0.15, 0.2) is 0 Å². The quantitative estimate of drug-likeness (QED) is 0.348. The molecule has 0 aromatic carbocycles. The highest BCUT2D eigenvalue weighted by Gasteiger charge is 2.08. The molecular weight excluding hydrogens is 215 g/mol. The lowest BCUT2D eigenvalue weighted by atomic mass is 10.5. The van der Waals surface area contributed by atoms with Gasteiger partial charge in [-0.15, -0.1) is 0 Å². The Morgan fingerprint density at radius 1 is 1.13 bits per heavy atom. The van der Waals surface area contributed by atoms with Crippen molar-refractivity contribution in [2.24, 2.45) is 0 Å². The summed E-state index contributed by atoms with van der Waals surface area (Å²) in [6.45, 7) is 5.53. The number of ether oxygens (including phenoxy) is 2. The summed E-state index contributed by atoms with van der Waals surface area (Å²) < 4.78 is 21.4. The SMILES string of the molecule is CCCOCC[PH](=O)CC(=O)OCCC. The number of hydrogen-bond donors (Lipinski definition) is 0. The van der Waals surface area contributed by atoms with Crippen LogP contribution >= 0.6 is 7.80 Å². The van der Waals surface area contributed by atoms with Gasteiger partial charge >= 0.3 is 5.97 Å². The predicted octanol–water partition coefficient (Wildman–Crippen LogP) is 1.93. The molecular formula is C10H21O4P. The molecule has 15 heavy (non-hydrogen) atoms. The van der Waals surface area contributed by atoms with Gasteiger partial charge in [0.05, 0.1) is 27.2 Å². The van der Waals surface area contributed by atoms with Crippen molar-refractivity contribution in [3.05, 3.63) is 0 Å². The average molecular weight is 236 g/mol. The molecule has 0 aliphatic rings. The molecule has 0 saturated heterocycles. The third-order valence-electron chi connectivity index (χ3n) is 1.68. The Labute approximate surface area is 92.1 Å². The third kappa shape index (κ3) is 9.95. The second-order valence-corrected chi connectivity index (χ2v) is 5.23. The zero-order valence-electron chi connectivity index (χ0n) is 9.58. The first-order chi connectivity index (χ1) is 7.20. The Morgan fingerprint density at radius 3 is 2.40 bits per heavy atom. The fourth-order valence-corrected chi connectivity index (χ4v) is 1.92. The van der Waals surface area contributed by atoms with Crippen LogP contribution in [0.1, 0.15) is 26.7 Å². The summed E-state index contributed by atoms with van der Waals surface area (Å²) in [6, 6.07) is 0. The van der Waals surface area contributed by atoms with E-state index >= 15 is 0 Å². The summed E-state index contributed by atoms with van der Waals surface area (Å²) in [5, 5.41) is 0. The molecule has 90 valence electrons. The van der Waals surface area contributed by atoms with E-state index in [-0.39, 0.29) is 12.1 Å². The van der Waals surface area contributed by atoms with Crippen LogP contribution in [0.3, 0.4) is 0 Å². The number of esters is 1. The molecule has 1 unspecified atom stereocenters. The maximum Gasteiger partial charge on any atom is 0.312 e. The van der Waals surface area contributed by atoms with Gasteiger partial charge in [0.2, 0.25) is 0 Å². The van der Waals surface area contributed by atoms with Crippen molar-refractivity contribution in [1.29, 1.82) is 0 Å². The molecule has 0 heterocycles. The molecule has 5 heteroatoms. The van der Waals surface area contributed by atoms with Gasteiger partial charge in [-0.25, -0.2) is 0 Å². The molecule has 0 bridgehead atoms. The Kier molecular flexibility index (Phi) is 9.96. The van der Waals surface area contributed by atoms with Gasteiger partial charge in [0, 0.05) is 12.8 Å². The monoisotopic (exact) mass is 236 g/mol. The summed E-state index contributed by atoms with van der Waals surface area (Å²) >= 11 is 0. The molecule has 0 aliphatic carbocycles. The van der Waals surface area contributed by atoms with Crippen LogP contribution in [0, 0.1) is 0 Å². The van der Waals surface area contributed by atoms with Crippen LogP contribution in [-0.4, -0.2) is 38.1 Å². The van der Waals surface area contributed by atoms with E-state index in [0.717, 1.165) is 12.8 Å². The fourth-order valence-electron chi connectivity index (χ4n) is 0.949. The Balaban J connectivity index is 3.43. The van der Waals surface area contributed by atoms with Crippen LogP contribution in [0.4, 0.5) is 0 Å². The van der Waals surface area contributed by atoms with Crippen LogP contribution in [0.15, 0.2) is 0 Å². The average Bonchev–Trinajstić information content (AvgIpc) is 2.21. The first-order valence-electron chi connectivity index (χ1n) is 5.45. The van der Waals surface area contributed by atoms with Crippen LogP contribution in [-0.2, 0) is 18.8 Å². The van der Waals surface area contributed by atoms with E-state index in [2.05, 4.69) is 0 Å². The maximum absolute atomic E-state index is 11.4. The van der Waals surface area contributed by atoms with Gasteiger partial charge in [0.1, 0.15) is 0 Å². The number of rotatable bonds is 9. The highest BCUT2D eigenvalue weighted by atomic mass is 31.1. The van der Waals surface area contributed by atoms with E-state index in [0.29, 0.717) is 26.0 Å². The Bertz CT molecular complexity index is 194. The zero-order chi connectivity index (χ0) is 11.5. The van der Waals surface area contributed by atoms with E-state index in [1.54, 1.807) is 0 Å². The van der Waals surface area contributed by atoms with Gasteiger partial charge in [-0.05, 0) is 12.8 Å². The molecule has 0 radical (unpaired) electrons. The van der Waals surface area contributed by atoms with Gasteiger partial charge in [-0.1, -0.05) is 13.8 Å². The van der Waals surface area contributed by atoms with Crippen molar-refractivity contribution in [2.75, 3.05) is 32.1 Å². The number of hydrogen-bond acceptors (Lipinski definition) is 4. The summed E-state index contributed by atoms with van der Waals surface area (Å²) in [5.41, 5.74) is 0. The van der Waals surface area contributed by atoms with Crippen molar-refractivity contribution in [3.63, 3.8) is 0 Å². The van der Waals surface area contributed by atoms with E-state index in [1.165, 1.54) is 0 Å². The molecule has 0 aliphatic heterocycles. The second kappa shape index (κ2) is 10.2. The largest absolute Gasteiger partial charge is 0.465 e. The second-order valence-electron chi connectivity index (χ2n) is 3.30. The molecule has 0 N–H and O–H groups in total. The minimum Gasteiger partial charge on any atom is -0.465 e. The van der Waals surface area contributed by atoms with Gasteiger partial charge in [-0.3, -0.25) is 4.79 Å². The van der Waals surface area contributed by atoms with Crippen molar-refractivity contribution in [3.8, 4) is 0 Å². The standard InChI is InChI=1S/C10H21O4P/c1-3-5-13-7-8-15(12)9-10(11)14-6-4-2/h15H,3-9H2,1-2H3. The minimum absolute atomic E-state index is 0.0557. The predicted molar refractivity (Wildman–Crippen MR) is 61.1 cm³/mol. The fraction of sp³-hybridized carbons (Fsp3) is 0.900. The topological polar surface area (TPSA) is 52.6 Å². The Hall–Kier alpha value is -0.340. The molecule has 0 rings (SSSR count). The zero-order valence-corrected chi connectivity index (χ0v) is 10.6. The van der Waals surface area contributed by atoms with Crippen molar-refractivity contribution in [1.82, 2.24) is 0 Å². The van der Waals surface area contributed by atoms with E-state index < -0.39 is 7.80 Å². The molecule has 0 aromatic heterocycles. The van der Waals surface area contributed by atoms with Gasteiger partial charge < -0.3 is 14.0 Å². The normalized spacial score (nSPS) is 12.4. The molecule has 0 spiro atoms. The summed E-state index contributed by atoms with van der Waals surface area (Å²) in [7, 11) is -1.85. The molecule has 0 amide bonds. The van der Waals surface area contributed by atoms with Crippen molar-refractivity contribution >= 4 is 13.8 Å². The molecule has 0 aromatic rings. The lowest BCUT2D eigenvalue weighted by Crippen LogP contribution is -2.09. The lowest BCUT2D eigenvalue weighted by molar-refractivity contribution is -0.140. The minimum atomic E-state index is -1.85. The molecule has 0 fully saturated rings. The first-order valence-corrected chi connectivity index (χ1v) is 7.28. The molecule has 1 atom stereocenters. The molecule has 4 nitrogen and oxygen atoms in total. The van der Waals surface area contributed by atoms with E-state index in [9.17, 15) is 9.36 Å². The van der Waals surface area contributed by atoms with Gasteiger partial charge in [-0.2, -0.15) is 0 Å². The summed E-state index contributed by atoms with van der Waals surface area (Å²) in [5.74, 6) is -0.351. The van der Waals surface area contributed by atoms with Crippen LogP contribution in [0.2, 0.25) is 0 Å². The molecule has 0 saturated carbocycles. The third-order valence-corrected chi connectivity index (χ3v) is 3.13.